The van der Waals surface area contributed by atoms with Crippen LogP contribution >= 0.6 is 0 Å². The molecule has 1 aliphatic rings. The van der Waals surface area contributed by atoms with Crippen LogP contribution in [0.5, 0.6) is 0 Å². The Morgan fingerprint density at radius 3 is 2.70 bits per heavy atom. The lowest BCUT2D eigenvalue weighted by Gasteiger charge is -2.52. The van der Waals surface area contributed by atoms with E-state index in [4.69, 9.17) is 4.74 Å². The lowest BCUT2D eigenvalue weighted by Crippen LogP contribution is -2.71. The number of amides is 1. The van der Waals surface area contributed by atoms with E-state index < -0.39 is 0 Å². The van der Waals surface area contributed by atoms with Gasteiger partial charge in [0.1, 0.15) is 5.54 Å². The van der Waals surface area contributed by atoms with E-state index in [2.05, 4.69) is 50.5 Å². The quantitative estimate of drug-likeness (QED) is 0.843. The third kappa shape index (κ3) is 3.59. The van der Waals surface area contributed by atoms with Crippen LogP contribution in [0.1, 0.15) is 38.7 Å². The van der Waals surface area contributed by atoms with Crippen LogP contribution in [0, 0.1) is 5.92 Å². The number of likely N-dealkylation sites (N-methyl/N-ethyl adjacent to an activating group) is 1. The van der Waals surface area contributed by atoms with Crippen LogP contribution in [0.4, 0.5) is 4.79 Å². The number of carbonyl (C=O) groups is 1. The normalized spacial score (nSPS) is 30.9. The highest BCUT2D eigenvalue weighted by atomic mass is 16.5. The van der Waals surface area contributed by atoms with Crippen molar-refractivity contribution in [2.75, 3.05) is 27.2 Å². The molecule has 0 saturated carbocycles. The minimum absolute atomic E-state index is 0.0889. The fraction of sp³-hybridized carbons (Fsp3) is 0.632. The highest BCUT2D eigenvalue weighted by molar-refractivity contribution is 5.60. The van der Waals surface area contributed by atoms with Gasteiger partial charge in [-0.2, -0.15) is 4.79 Å². The van der Waals surface area contributed by atoms with Gasteiger partial charge in [0, 0.05) is 25.3 Å². The molecule has 1 aromatic rings. The number of piperidine rings is 1. The Bertz CT molecular complexity index is 519. The second-order valence-corrected chi connectivity index (χ2v) is 7.15. The molecule has 3 atom stereocenters. The van der Waals surface area contributed by atoms with Gasteiger partial charge in [-0.1, -0.05) is 44.2 Å². The highest BCUT2D eigenvalue weighted by Crippen LogP contribution is 2.39. The van der Waals surface area contributed by atoms with Crippen molar-refractivity contribution < 1.29 is 14.0 Å². The van der Waals surface area contributed by atoms with Crippen molar-refractivity contribution in [1.82, 2.24) is 5.32 Å². The molecule has 0 radical (unpaired) electrons. The maximum absolute atomic E-state index is 12.6. The standard InChI is InChI=1S/C19H31N2O2/c1-5-19(15-20-13-17-9-7-6-8-10-17)12-11-16(2)14-21(19,3)18(22)23-4/h6-10,16,20H,5,11-15H2,1-4H3/q+1/t16-,19-,21?/m0/s1. The van der Waals surface area contributed by atoms with E-state index in [0.29, 0.717) is 10.4 Å². The highest BCUT2D eigenvalue weighted by Gasteiger charge is 2.55. The second-order valence-electron chi connectivity index (χ2n) is 7.15. The third-order valence-electron chi connectivity index (χ3n) is 5.69. The Kier molecular flexibility index (Phi) is 5.82. The number of carbonyl (C=O) groups excluding carboxylic acids is 1. The molecular formula is C19H31N2O2+. The van der Waals surface area contributed by atoms with Crippen molar-refractivity contribution in [3.8, 4) is 0 Å². The zero-order valence-electron chi connectivity index (χ0n) is 15.0. The Labute approximate surface area is 140 Å². The third-order valence-corrected chi connectivity index (χ3v) is 5.69. The average molecular weight is 319 g/mol. The SMILES string of the molecule is CC[C@@]1(CNCc2ccccc2)CC[C@H](C)C[N+]1(C)C(=O)OC. The van der Waals surface area contributed by atoms with Gasteiger partial charge in [0.25, 0.3) is 0 Å². The molecule has 1 aromatic carbocycles. The maximum Gasteiger partial charge on any atom is 0.516 e. The molecule has 1 heterocycles. The van der Waals surface area contributed by atoms with E-state index in [1.807, 2.05) is 6.07 Å². The van der Waals surface area contributed by atoms with Crippen molar-refractivity contribution in [1.29, 1.82) is 0 Å². The molecule has 0 aliphatic carbocycles. The van der Waals surface area contributed by atoms with Crippen LogP contribution in [-0.2, 0) is 11.3 Å². The van der Waals surface area contributed by atoms with E-state index >= 15 is 0 Å². The zero-order chi connectivity index (χ0) is 16.9. The lowest BCUT2D eigenvalue weighted by atomic mass is 9.78. The second kappa shape index (κ2) is 7.45. The Balaban J connectivity index is 2.13. The number of methoxy groups -OCH3 is 1. The van der Waals surface area contributed by atoms with Crippen LogP contribution in [0.3, 0.4) is 0 Å². The largest absolute Gasteiger partial charge is 0.516 e. The van der Waals surface area contributed by atoms with Gasteiger partial charge in [-0.3, -0.25) is 0 Å². The summed E-state index contributed by atoms with van der Waals surface area (Å²) in [5.74, 6) is 0.549. The van der Waals surface area contributed by atoms with Gasteiger partial charge in [0.2, 0.25) is 0 Å². The Morgan fingerprint density at radius 2 is 2.09 bits per heavy atom. The van der Waals surface area contributed by atoms with Gasteiger partial charge >= 0.3 is 6.09 Å². The smallest absolute Gasteiger partial charge is 0.423 e. The van der Waals surface area contributed by atoms with Crippen molar-refractivity contribution in [3.63, 3.8) is 0 Å². The summed E-state index contributed by atoms with van der Waals surface area (Å²) >= 11 is 0. The predicted octanol–water partition coefficient (Wildman–Crippen LogP) is 3.57. The van der Waals surface area contributed by atoms with Crippen molar-refractivity contribution in [2.24, 2.45) is 5.92 Å². The number of nitrogens with one attached hydrogen (secondary N) is 1. The molecule has 0 spiro atoms. The van der Waals surface area contributed by atoms with Crippen molar-refractivity contribution in [2.45, 2.75) is 45.2 Å². The number of nitrogens with zero attached hydrogens (tertiary/aromatic N) is 1. The molecule has 4 heteroatoms. The molecule has 2 rings (SSSR count). The fourth-order valence-corrected chi connectivity index (χ4v) is 4.09. The topological polar surface area (TPSA) is 38.3 Å². The van der Waals surface area contributed by atoms with Gasteiger partial charge in [-0.25, -0.2) is 4.48 Å². The first-order valence-corrected chi connectivity index (χ1v) is 8.66. The van der Waals surface area contributed by atoms with E-state index in [1.165, 1.54) is 19.1 Å². The van der Waals surface area contributed by atoms with E-state index in [9.17, 15) is 4.79 Å². The zero-order valence-corrected chi connectivity index (χ0v) is 15.0. The van der Waals surface area contributed by atoms with E-state index in [1.54, 1.807) is 0 Å². The molecule has 1 fully saturated rings. The van der Waals surface area contributed by atoms with Crippen LogP contribution < -0.4 is 5.32 Å². The number of rotatable bonds is 5. The number of likely N-dealkylation sites (tertiary alicyclic amines) is 1. The molecule has 1 unspecified atom stereocenters. The van der Waals surface area contributed by atoms with Gasteiger partial charge in [-0.15, -0.1) is 0 Å². The van der Waals surface area contributed by atoms with Gasteiger partial charge < -0.3 is 10.1 Å². The van der Waals surface area contributed by atoms with E-state index in [-0.39, 0.29) is 11.6 Å². The van der Waals surface area contributed by atoms with Gasteiger partial charge in [-0.05, 0) is 12.0 Å². The minimum Gasteiger partial charge on any atom is -0.423 e. The van der Waals surface area contributed by atoms with Gasteiger partial charge in [0.05, 0.1) is 27.2 Å². The van der Waals surface area contributed by atoms with Crippen LogP contribution in [0.2, 0.25) is 0 Å². The number of benzene rings is 1. The van der Waals surface area contributed by atoms with Crippen molar-refractivity contribution >= 4 is 6.09 Å². The molecule has 4 nitrogen and oxygen atoms in total. The number of ether oxygens (including phenoxy) is 1. The molecular weight excluding hydrogens is 288 g/mol. The summed E-state index contributed by atoms with van der Waals surface area (Å²) in [5, 5.41) is 3.59. The summed E-state index contributed by atoms with van der Waals surface area (Å²) in [7, 11) is 3.55. The molecule has 1 aliphatic heterocycles. The van der Waals surface area contributed by atoms with E-state index in [0.717, 1.165) is 32.5 Å². The molecule has 1 saturated heterocycles. The molecule has 1 amide bonds. The van der Waals surface area contributed by atoms with Gasteiger partial charge in [0.15, 0.2) is 0 Å². The Morgan fingerprint density at radius 1 is 1.39 bits per heavy atom. The van der Waals surface area contributed by atoms with Crippen LogP contribution in [0.25, 0.3) is 0 Å². The molecule has 128 valence electrons. The van der Waals surface area contributed by atoms with Crippen LogP contribution in [-0.4, -0.2) is 43.4 Å². The lowest BCUT2D eigenvalue weighted by molar-refractivity contribution is -0.900. The minimum atomic E-state index is -0.111. The monoisotopic (exact) mass is 319 g/mol. The molecule has 1 N–H and O–H groups in total. The summed E-state index contributed by atoms with van der Waals surface area (Å²) in [6.45, 7) is 6.94. The summed E-state index contributed by atoms with van der Waals surface area (Å²) < 4.78 is 5.55. The summed E-state index contributed by atoms with van der Waals surface area (Å²) in [5.41, 5.74) is 1.18. The molecule has 23 heavy (non-hydrogen) atoms. The maximum atomic E-state index is 12.6. The van der Waals surface area contributed by atoms with Crippen molar-refractivity contribution in [3.05, 3.63) is 35.9 Å². The fourth-order valence-electron chi connectivity index (χ4n) is 4.09. The first kappa shape index (κ1) is 18.0. The number of hydrogen-bond donors (Lipinski definition) is 1. The summed E-state index contributed by atoms with van der Waals surface area (Å²) in [6, 6.07) is 10.4. The summed E-state index contributed by atoms with van der Waals surface area (Å²) in [6.07, 6.45) is 3.08. The summed E-state index contributed by atoms with van der Waals surface area (Å²) in [4.78, 5) is 12.6. The molecule has 0 bridgehead atoms. The first-order valence-electron chi connectivity index (χ1n) is 8.66. The molecule has 0 aromatic heterocycles. The number of hydrogen-bond acceptors (Lipinski definition) is 3. The average Bonchev–Trinajstić information content (AvgIpc) is 2.57. The number of quaternary nitrogens is 1. The predicted molar refractivity (Wildman–Crippen MR) is 93.0 cm³/mol. The van der Waals surface area contributed by atoms with Crippen LogP contribution in [0.15, 0.2) is 30.3 Å². The Hall–Kier alpha value is -1.39. The first-order chi connectivity index (χ1) is 11.0.